The first-order valence-electron chi connectivity index (χ1n) is 7.08. The predicted molar refractivity (Wildman–Crippen MR) is 84.9 cm³/mol. The zero-order valence-corrected chi connectivity index (χ0v) is 12.6. The summed E-state index contributed by atoms with van der Waals surface area (Å²) in [6, 6.07) is 11.7. The fourth-order valence-corrected chi connectivity index (χ4v) is 3.27. The molecule has 2 heterocycles. The van der Waals surface area contributed by atoms with Gasteiger partial charge in [0, 0.05) is 17.0 Å². The number of hydrogen-bond acceptors (Lipinski definition) is 3. The quantitative estimate of drug-likeness (QED) is 0.579. The van der Waals surface area contributed by atoms with Crippen molar-refractivity contribution in [1.82, 2.24) is 4.57 Å². The van der Waals surface area contributed by atoms with E-state index in [0.717, 1.165) is 44.8 Å². The maximum Gasteiger partial charge on any atom is 0.265 e. The molecule has 4 rings (SSSR count). The monoisotopic (exact) mass is 293 g/mol. The molecule has 0 amide bonds. The molecule has 0 radical (unpaired) electrons. The van der Waals surface area contributed by atoms with Gasteiger partial charge in [-0.25, -0.2) is 0 Å². The van der Waals surface area contributed by atoms with Crippen molar-refractivity contribution in [2.75, 3.05) is 14.2 Å². The molecule has 110 valence electrons. The molecule has 22 heavy (non-hydrogen) atoms. The Hall–Kier alpha value is -2.75. The van der Waals surface area contributed by atoms with E-state index in [2.05, 4.69) is 0 Å². The molecule has 3 aromatic rings. The summed E-state index contributed by atoms with van der Waals surface area (Å²) in [5, 5.41) is 1.000. The number of aromatic nitrogens is 1. The van der Waals surface area contributed by atoms with Gasteiger partial charge in [0.2, 0.25) is 0 Å². The maximum absolute atomic E-state index is 12.3. The van der Waals surface area contributed by atoms with E-state index in [1.54, 1.807) is 18.8 Å². The minimum atomic E-state index is 0.0634. The molecular formula is C18H15NO3. The van der Waals surface area contributed by atoms with Crippen molar-refractivity contribution >= 4 is 16.8 Å². The van der Waals surface area contributed by atoms with Gasteiger partial charge in [0.05, 0.1) is 31.0 Å². The Bertz CT molecular complexity index is 894. The second-order valence-electron chi connectivity index (χ2n) is 5.40. The minimum Gasteiger partial charge on any atom is -0.497 e. The van der Waals surface area contributed by atoms with Gasteiger partial charge in [-0.1, -0.05) is 18.2 Å². The van der Waals surface area contributed by atoms with Crippen LogP contribution < -0.4 is 9.47 Å². The number of carbonyl (C=O) groups is 1. The molecule has 1 aliphatic rings. The SMILES string of the molecule is COc1cc(C)c(-c2c3c4ccccc4n2C3=O)c(OC)c1. The van der Waals surface area contributed by atoms with Gasteiger partial charge >= 0.3 is 0 Å². The lowest BCUT2D eigenvalue weighted by Crippen LogP contribution is -2.22. The number of aryl methyl sites for hydroxylation is 1. The Morgan fingerprint density at radius 1 is 1.00 bits per heavy atom. The van der Waals surface area contributed by atoms with Crippen LogP contribution in [0.4, 0.5) is 0 Å². The maximum atomic E-state index is 12.3. The first-order chi connectivity index (χ1) is 10.7. The van der Waals surface area contributed by atoms with Gasteiger partial charge in [0.1, 0.15) is 11.5 Å². The van der Waals surface area contributed by atoms with E-state index in [1.807, 2.05) is 43.3 Å². The molecule has 4 nitrogen and oxygen atoms in total. The normalized spacial score (nSPS) is 12.4. The van der Waals surface area contributed by atoms with E-state index in [1.165, 1.54) is 0 Å². The first kappa shape index (κ1) is 13.0. The summed E-state index contributed by atoms with van der Waals surface area (Å²) in [6.07, 6.45) is 0. The molecule has 0 saturated carbocycles. The molecule has 1 aliphatic heterocycles. The molecule has 0 aliphatic carbocycles. The third-order valence-corrected chi connectivity index (χ3v) is 4.26. The minimum absolute atomic E-state index is 0.0634. The Morgan fingerprint density at radius 2 is 1.77 bits per heavy atom. The average molecular weight is 293 g/mol. The van der Waals surface area contributed by atoms with E-state index in [4.69, 9.17) is 9.47 Å². The molecular weight excluding hydrogens is 278 g/mol. The highest BCUT2D eigenvalue weighted by Crippen LogP contribution is 2.47. The number of para-hydroxylation sites is 1. The topological polar surface area (TPSA) is 40.5 Å². The molecule has 2 aromatic carbocycles. The van der Waals surface area contributed by atoms with Crippen LogP contribution in [0.3, 0.4) is 0 Å². The number of rotatable bonds is 3. The van der Waals surface area contributed by atoms with Crippen LogP contribution in [0.25, 0.3) is 22.2 Å². The largest absolute Gasteiger partial charge is 0.497 e. The van der Waals surface area contributed by atoms with Gasteiger partial charge in [0.15, 0.2) is 0 Å². The summed E-state index contributed by atoms with van der Waals surface area (Å²) in [5.74, 6) is 1.53. The van der Waals surface area contributed by atoms with Gasteiger partial charge in [-0.3, -0.25) is 9.36 Å². The van der Waals surface area contributed by atoms with Crippen molar-refractivity contribution in [2.24, 2.45) is 0 Å². The van der Waals surface area contributed by atoms with Crippen molar-refractivity contribution in [3.63, 3.8) is 0 Å². The number of benzene rings is 2. The summed E-state index contributed by atoms with van der Waals surface area (Å²) in [7, 11) is 3.26. The highest BCUT2D eigenvalue weighted by atomic mass is 16.5. The fourth-order valence-electron chi connectivity index (χ4n) is 3.27. The summed E-state index contributed by atoms with van der Waals surface area (Å²) >= 11 is 0. The van der Waals surface area contributed by atoms with Crippen molar-refractivity contribution < 1.29 is 14.3 Å². The molecule has 0 fully saturated rings. The highest BCUT2D eigenvalue weighted by molar-refractivity contribution is 6.26. The third-order valence-electron chi connectivity index (χ3n) is 4.26. The number of hydrogen-bond donors (Lipinski definition) is 0. The number of carbonyl (C=O) groups excluding carboxylic acids is 1. The van der Waals surface area contributed by atoms with Gasteiger partial charge in [-0.2, -0.15) is 0 Å². The number of nitrogens with zero attached hydrogens (tertiary/aromatic N) is 1. The third kappa shape index (κ3) is 1.44. The molecule has 1 aromatic heterocycles. The summed E-state index contributed by atoms with van der Waals surface area (Å²) in [4.78, 5) is 12.3. The van der Waals surface area contributed by atoms with Crippen LogP contribution in [0.2, 0.25) is 0 Å². The molecule has 0 saturated heterocycles. The van der Waals surface area contributed by atoms with Crippen LogP contribution in [-0.2, 0) is 0 Å². The van der Waals surface area contributed by atoms with Gasteiger partial charge in [0.25, 0.3) is 5.91 Å². The summed E-state index contributed by atoms with van der Waals surface area (Å²) in [5.41, 5.74) is 4.64. The summed E-state index contributed by atoms with van der Waals surface area (Å²) < 4.78 is 12.6. The van der Waals surface area contributed by atoms with Gasteiger partial charge < -0.3 is 9.47 Å². The Balaban J connectivity index is 2.05. The zero-order valence-electron chi connectivity index (χ0n) is 12.6. The summed E-state index contributed by atoms with van der Waals surface area (Å²) in [6.45, 7) is 2.00. The Morgan fingerprint density at radius 3 is 2.45 bits per heavy atom. The van der Waals surface area contributed by atoms with Gasteiger partial charge in [-0.15, -0.1) is 0 Å². The molecule has 2 bridgehead atoms. The van der Waals surface area contributed by atoms with Crippen molar-refractivity contribution in [1.29, 1.82) is 0 Å². The Labute approximate surface area is 127 Å². The lowest BCUT2D eigenvalue weighted by Gasteiger charge is -2.22. The van der Waals surface area contributed by atoms with Crippen LogP contribution in [0, 0.1) is 6.92 Å². The number of fused-ring (bicyclic) bond motifs is 5. The van der Waals surface area contributed by atoms with E-state index in [0.29, 0.717) is 0 Å². The van der Waals surface area contributed by atoms with Crippen molar-refractivity contribution in [2.45, 2.75) is 6.92 Å². The lowest BCUT2D eigenvalue weighted by atomic mass is 9.96. The van der Waals surface area contributed by atoms with Crippen molar-refractivity contribution in [3.05, 3.63) is 47.5 Å². The second-order valence-corrected chi connectivity index (χ2v) is 5.40. The van der Waals surface area contributed by atoms with E-state index >= 15 is 0 Å². The lowest BCUT2D eigenvalue weighted by molar-refractivity contribution is 0.0951. The van der Waals surface area contributed by atoms with E-state index < -0.39 is 0 Å². The smallest absolute Gasteiger partial charge is 0.265 e. The number of ether oxygens (including phenoxy) is 2. The van der Waals surface area contributed by atoms with Crippen LogP contribution in [0.15, 0.2) is 36.4 Å². The molecule has 0 unspecified atom stereocenters. The van der Waals surface area contributed by atoms with Gasteiger partial charge in [-0.05, 0) is 24.6 Å². The standard InChI is InChI=1S/C18H15NO3/c1-10-8-11(21-2)9-14(22-3)15(10)17-16-12-6-4-5-7-13(12)19(17)18(16)20/h4-9H,1-3H3. The highest BCUT2D eigenvalue weighted by Gasteiger charge is 2.37. The van der Waals surface area contributed by atoms with Crippen LogP contribution >= 0.6 is 0 Å². The van der Waals surface area contributed by atoms with E-state index in [-0.39, 0.29) is 5.91 Å². The van der Waals surface area contributed by atoms with Crippen LogP contribution in [-0.4, -0.2) is 24.7 Å². The van der Waals surface area contributed by atoms with E-state index in [9.17, 15) is 4.79 Å². The average Bonchev–Trinajstić information content (AvgIpc) is 3.03. The fraction of sp³-hybridized carbons (Fsp3) is 0.167. The first-order valence-corrected chi connectivity index (χ1v) is 7.08. The van der Waals surface area contributed by atoms with Crippen LogP contribution in [0.1, 0.15) is 15.9 Å². The molecule has 0 spiro atoms. The zero-order chi connectivity index (χ0) is 15.4. The predicted octanol–water partition coefficient (Wildman–Crippen LogP) is 3.64. The second kappa shape index (κ2) is 4.37. The molecule has 0 atom stereocenters. The molecule has 4 heteroatoms. The van der Waals surface area contributed by atoms with Crippen LogP contribution in [0.5, 0.6) is 11.5 Å². The number of methoxy groups -OCH3 is 2. The Kier molecular flexibility index (Phi) is 2.57. The van der Waals surface area contributed by atoms with Crippen molar-refractivity contribution in [3.8, 4) is 22.8 Å². The molecule has 0 N–H and O–H groups in total.